The van der Waals surface area contributed by atoms with Gasteiger partial charge in [0.2, 0.25) is 0 Å². The van der Waals surface area contributed by atoms with Crippen molar-refractivity contribution in [2.75, 3.05) is 7.11 Å². The highest BCUT2D eigenvalue weighted by molar-refractivity contribution is 5.93. The summed E-state index contributed by atoms with van der Waals surface area (Å²) in [6.45, 7) is 2.10. The summed E-state index contributed by atoms with van der Waals surface area (Å²) in [6, 6.07) is 23.2. The topological polar surface area (TPSA) is 49.0 Å². The van der Waals surface area contributed by atoms with E-state index in [1.54, 1.807) is 11.7 Å². The number of rotatable bonds is 4. The summed E-state index contributed by atoms with van der Waals surface area (Å²) in [5.74, 6) is 1.31. The molecule has 0 aliphatic rings. The minimum absolute atomic E-state index is 0.102. The van der Waals surface area contributed by atoms with E-state index in [9.17, 15) is 4.79 Å². The van der Waals surface area contributed by atoms with E-state index < -0.39 is 0 Å². The van der Waals surface area contributed by atoms with E-state index in [-0.39, 0.29) is 5.56 Å². The molecule has 0 saturated carbocycles. The third-order valence-corrected chi connectivity index (χ3v) is 5.98. The summed E-state index contributed by atoms with van der Waals surface area (Å²) in [5, 5.41) is 1.75. The van der Waals surface area contributed by atoms with E-state index in [4.69, 9.17) is 9.72 Å². The van der Waals surface area contributed by atoms with Crippen LogP contribution >= 0.6 is 0 Å². The number of para-hydroxylation sites is 2. The normalized spacial score (nSPS) is 11.6. The largest absolute Gasteiger partial charge is 0.497 e. The molecule has 0 saturated heterocycles. The second-order valence-electron chi connectivity index (χ2n) is 7.73. The Labute approximate surface area is 185 Å². The summed E-state index contributed by atoms with van der Waals surface area (Å²) >= 11 is 0. The highest BCUT2D eigenvalue weighted by atomic mass is 16.5. The van der Waals surface area contributed by atoms with Crippen molar-refractivity contribution in [1.29, 1.82) is 0 Å². The number of benzene rings is 3. The molecule has 0 aliphatic heterocycles. The average Bonchev–Trinajstić information content (AvgIpc) is 3.08. The molecular formula is C27H23N3O2. The number of hydrogen-bond acceptors (Lipinski definition) is 3. The molecule has 2 aromatic heterocycles. The smallest absolute Gasteiger partial charge is 0.266 e. The zero-order valence-corrected chi connectivity index (χ0v) is 18.2. The van der Waals surface area contributed by atoms with Crippen LogP contribution in [-0.2, 0) is 7.05 Å². The van der Waals surface area contributed by atoms with Crippen molar-refractivity contribution in [2.45, 2.75) is 6.92 Å². The van der Waals surface area contributed by atoms with Crippen LogP contribution < -0.4 is 10.3 Å². The summed E-state index contributed by atoms with van der Waals surface area (Å²) in [7, 11) is 3.69. The van der Waals surface area contributed by atoms with Gasteiger partial charge in [-0.25, -0.2) is 4.98 Å². The van der Waals surface area contributed by atoms with Gasteiger partial charge in [-0.3, -0.25) is 9.36 Å². The van der Waals surface area contributed by atoms with Crippen LogP contribution in [0.2, 0.25) is 0 Å². The summed E-state index contributed by atoms with van der Waals surface area (Å²) in [4.78, 5) is 18.3. The predicted octanol–water partition coefficient (Wildman–Crippen LogP) is 5.36. The monoisotopic (exact) mass is 421 g/mol. The van der Waals surface area contributed by atoms with Gasteiger partial charge in [0.05, 0.1) is 23.7 Å². The zero-order chi connectivity index (χ0) is 22.2. The molecule has 0 spiro atoms. The summed E-state index contributed by atoms with van der Waals surface area (Å²) in [6.07, 6.45) is 3.97. The second-order valence-corrected chi connectivity index (χ2v) is 7.73. The molecule has 0 fully saturated rings. The van der Waals surface area contributed by atoms with Crippen LogP contribution in [0.1, 0.15) is 17.1 Å². The lowest BCUT2D eigenvalue weighted by atomic mass is 10.1. The van der Waals surface area contributed by atoms with E-state index in [1.165, 1.54) is 10.9 Å². The van der Waals surface area contributed by atoms with E-state index >= 15 is 0 Å². The number of aromatic nitrogens is 3. The van der Waals surface area contributed by atoms with Crippen LogP contribution in [0.15, 0.2) is 77.6 Å². The van der Waals surface area contributed by atoms with E-state index in [1.807, 2.05) is 72.8 Å². The molecule has 0 aliphatic carbocycles. The van der Waals surface area contributed by atoms with Crippen LogP contribution in [0.25, 0.3) is 39.6 Å². The number of hydrogen-bond donors (Lipinski definition) is 0. The number of aryl methyl sites for hydroxylation is 1. The molecule has 2 heterocycles. The molecule has 0 amide bonds. The maximum Gasteiger partial charge on any atom is 0.266 e. The molecule has 32 heavy (non-hydrogen) atoms. The number of nitrogens with zero attached hydrogens (tertiary/aromatic N) is 3. The number of methoxy groups -OCH3 is 1. The Morgan fingerprint density at radius 2 is 1.56 bits per heavy atom. The Balaban J connectivity index is 1.73. The van der Waals surface area contributed by atoms with E-state index in [0.717, 1.165) is 22.7 Å². The van der Waals surface area contributed by atoms with Crippen molar-refractivity contribution >= 4 is 34.0 Å². The van der Waals surface area contributed by atoms with Crippen LogP contribution in [0, 0.1) is 6.92 Å². The van der Waals surface area contributed by atoms with Gasteiger partial charge in [0.1, 0.15) is 11.6 Å². The zero-order valence-electron chi connectivity index (χ0n) is 18.2. The summed E-state index contributed by atoms with van der Waals surface area (Å²) in [5.41, 5.74) is 4.76. The van der Waals surface area contributed by atoms with Gasteiger partial charge < -0.3 is 9.30 Å². The lowest BCUT2D eigenvalue weighted by Crippen LogP contribution is -2.22. The third kappa shape index (κ3) is 3.19. The molecule has 5 heteroatoms. The Hall–Kier alpha value is -4.12. The van der Waals surface area contributed by atoms with E-state index in [2.05, 4.69) is 30.7 Å². The second kappa shape index (κ2) is 7.85. The van der Waals surface area contributed by atoms with Crippen molar-refractivity contribution in [3.63, 3.8) is 0 Å². The van der Waals surface area contributed by atoms with Gasteiger partial charge in [-0.1, -0.05) is 30.3 Å². The van der Waals surface area contributed by atoms with Crippen LogP contribution in [0.3, 0.4) is 0 Å². The molecule has 3 aromatic carbocycles. The minimum atomic E-state index is -0.102. The highest BCUT2D eigenvalue weighted by Gasteiger charge is 2.13. The van der Waals surface area contributed by atoms with Crippen molar-refractivity contribution < 1.29 is 4.74 Å². The van der Waals surface area contributed by atoms with Crippen molar-refractivity contribution in [3.8, 4) is 11.4 Å². The molecule has 0 atom stereocenters. The fourth-order valence-corrected chi connectivity index (χ4v) is 4.16. The Morgan fingerprint density at radius 1 is 0.875 bits per heavy atom. The molecule has 0 bridgehead atoms. The molecule has 0 unspecified atom stereocenters. The van der Waals surface area contributed by atoms with Crippen LogP contribution in [-0.4, -0.2) is 21.2 Å². The molecule has 158 valence electrons. The van der Waals surface area contributed by atoms with Crippen molar-refractivity contribution in [2.24, 2.45) is 7.05 Å². The Morgan fingerprint density at radius 3 is 2.31 bits per heavy atom. The SMILES string of the molecule is COc1ccc(-n2c(C=Cc3c(C)n(C)c4ccccc34)nc3ccccc3c2=O)cc1. The van der Waals surface area contributed by atoms with Gasteiger partial charge in [0.15, 0.2) is 0 Å². The summed E-state index contributed by atoms with van der Waals surface area (Å²) < 4.78 is 9.11. The fraction of sp³-hybridized carbons (Fsp3) is 0.111. The number of ether oxygens (including phenoxy) is 1. The van der Waals surface area contributed by atoms with Gasteiger partial charge >= 0.3 is 0 Å². The molecule has 5 rings (SSSR count). The van der Waals surface area contributed by atoms with E-state index in [0.29, 0.717) is 16.7 Å². The van der Waals surface area contributed by atoms with Crippen LogP contribution in [0.5, 0.6) is 5.75 Å². The Kier molecular flexibility index (Phi) is 4.86. The molecule has 5 nitrogen and oxygen atoms in total. The fourth-order valence-electron chi connectivity index (χ4n) is 4.16. The highest BCUT2D eigenvalue weighted by Crippen LogP contribution is 2.27. The first-order valence-electron chi connectivity index (χ1n) is 10.5. The van der Waals surface area contributed by atoms with Gasteiger partial charge in [-0.05, 0) is 61.5 Å². The van der Waals surface area contributed by atoms with Crippen molar-refractivity contribution in [3.05, 3.63) is 100 Å². The van der Waals surface area contributed by atoms with Gasteiger partial charge in [-0.2, -0.15) is 0 Å². The first kappa shape index (κ1) is 19.8. The number of fused-ring (bicyclic) bond motifs is 2. The lowest BCUT2D eigenvalue weighted by molar-refractivity contribution is 0.414. The Bertz CT molecular complexity index is 1540. The maximum atomic E-state index is 13.5. The molecule has 0 N–H and O–H groups in total. The first-order chi connectivity index (χ1) is 15.6. The lowest BCUT2D eigenvalue weighted by Gasteiger charge is -2.12. The van der Waals surface area contributed by atoms with Crippen molar-refractivity contribution in [1.82, 2.24) is 14.1 Å². The molecule has 0 radical (unpaired) electrons. The molecule has 5 aromatic rings. The maximum absolute atomic E-state index is 13.5. The van der Waals surface area contributed by atoms with Gasteiger partial charge in [0.25, 0.3) is 5.56 Å². The third-order valence-electron chi connectivity index (χ3n) is 5.98. The van der Waals surface area contributed by atoms with Gasteiger partial charge in [0, 0.05) is 29.2 Å². The quantitative estimate of drug-likeness (QED) is 0.392. The van der Waals surface area contributed by atoms with Gasteiger partial charge in [-0.15, -0.1) is 0 Å². The molecular weight excluding hydrogens is 398 g/mol. The van der Waals surface area contributed by atoms with Crippen LogP contribution in [0.4, 0.5) is 0 Å². The first-order valence-corrected chi connectivity index (χ1v) is 10.5. The average molecular weight is 422 g/mol. The standard InChI is InChI=1S/C27H23N3O2/c1-18-21(22-8-5-7-11-25(22)29(18)2)16-17-26-28-24-10-6-4-9-23(24)27(31)30(26)19-12-14-20(32-3)15-13-19/h4-17H,1-3H3. The predicted molar refractivity (Wildman–Crippen MR) is 130 cm³/mol. The minimum Gasteiger partial charge on any atom is -0.497 e.